The summed E-state index contributed by atoms with van der Waals surface area (Å²) in [7, 11) is 0. The molecule has 1 N–H and O–H groups in total. The van der Waals surface area contributed by atoms with Crippen molar-refractivity contribution in [2.45, 2.75) is 19.9 Å². The minimum absolute atomic E-state index is 0.293. The molecule has 0 amide bonds. The Kier molecular flexibility index (Phi) is 4.57. The van der Waals surface area contributed by atoms with Crippen LogP contribution in [0.3, 0.4) is 0 Å². The second-order valence-corrected chi connectivity index (χ2v) is 4.45. The van der Waals surface area contributed by atoms with E-state index in [9.17, 15) is 9.59 Å². The van der Waals surface area contributed by atoms with Crippen molar-refractivity contribution >= 4 is 0 Å². The van der Waals surface area contributed by atoms with Crippen LogP contribution >= 0.6 is 0 Å². The maximum Gasteiger partial charge on any atom is 0.328 e. The lowest BCUT2D eigenvalue weighted by Gasteiger charge is -2.09. The van der Waals surface area contributed by atoms with Crippen LogP contribution in [0, 0.1) is 11.3 Å². The average Bonchev–Trinajstić information content (AvgIpc) is 2.50. The second kappa shape index (κ2) is 6.57. The van der Waals surface area contributed by atoms with Gasteiger partial charge >= 0.3 is 5.69 Å². The van der Waals surface area contributed by atoms with Crippen LogP contribution in [0.15, 0.2) is 40.1 Å². The van der Waals surface area contributed by atoms with Gasteiger partial charge in [0.2, 0.25) is 0 Å². The van der Waals surface area contributed by atoms with Gasteiger partial charge in [-0.25, -0.2) is 4.79 Å². The summed E-state index contributed by atoms with van der Waals surface area (Å²) in [5.74, 6) is 0.627. The second-order valence-electron chi connectivity index (χ2n) is 4.45. The Morgan fingerprint density at radius 3 is 2.62 bits per heavy atom. The first-order chi connectivity index (χ1) is 10.1. The van der Waals surface area contributed by atoms with Gasteiger partial charge in [0.1, 0.15) is 12.4 Å². The van der Waals surface area contributed by atoms with E-state index in [-0.39, 0.29) is 5.56 Å². The predicted octanol–water partition coefficient (Wildman–Crippen LogP) is 1.05. The molecule has 0 atom stereocenters. The molecule has 0 aliphatic heterocycles. The number of aryl methyl sites for hydroxylation is 1. The number of ether oxygens (including phenoxy) is 1. The summed E-state index contributed by atoms with van der Waals surface area (Å²) in [4.78, 5) is 25.4. The fourth-order valence-corrected chi connectivity index (χ4v) is 1.86. The average molecular weight is 285 g/mol. The molecule has 6 nitrogen and oxygen atoms in total. The standard InChI is InChI=1S/C15H15N3O3/c1-2-12-10-18(15(20)17-14(12)19)7-8-21-13-5-3-11(9-16)4-6-13/h3-6,10H,2,7-8H2,1H3,(H,17,19,20). The minimum Gasteiger partial charge on any atom is -0.492 e. The smallest absolute Gasteiger partial charge is 0.328 e. The number of aromatic nitrogens is 2. The van der Waals surface area contributed by atoms with E-state index >= 15 is 0 Å². The molecule has 2 rings (SSSR count). The van der Waals surface area contributed by atoms with E-state index in [1.165, 1.54) is 4.57 Å². The Balaban J connectivity index is 2.01. The van der Waals surface area contributed by atoms with E-state index < -0.39 is 5.69 Å². The first-order valence-corrected chi connectivity index (χ1v) is 6.59. The Morgan fingerprint density at radius 1 is 1.29 bits per heavy atom. The third kappa shape index (κ3) is 3.60. The van der Waals surface area contributed by atoms with Crippen LogP contribution in [0.1, 0.15) is 18.1 Å². The highest BCUT2D eigenvalue weighted by atomic mass is 16.5. The summed E-state index contributed by atoms with van der Waals surface area (Å²) < 4.78 is 6.93. The summed E-state index contributed by atoms with van der Waals surface area (Å²) in [6, 6.07) is 8.75. The summed E-state index contributed by atoms with van der Waals surface area (Å²) in [6.07, 6.45) is 2.12. The molecular formula is C15H15N3O3. The summed E-state index contributed by atoms with van der Waals surface area (Å²) in [5.41, 5.74) is 0.340. The Bertz CT molecular complexity index is 766. The molecule has 108 valence electrons. The molecular weight excluding hydrogens is 270 g/mol. The molecule has 0 aliphatic carbocycles. The summed E-state index contributed by atoms with van der Waals surface area (Å²) >= 11 is 0. The van der Waals surface area contributed by atoms with E-state index in [0.717, 1.165) is 0 Å². The number of rotatable bonds is 5. The van der Waals surface area contributed by atoms with E-state index in [2.05, 4.69) is 4.98 Å². The Hall–Kier alpha value is -2.81. The SMILES string of the molecule is CCc1cn(CCOc2ccc(C#N)cc2)c(=O)[nH]c1=O. The minimum atomic E-state index is -0.444. The van der Waals surface area contributed by atoms with Crippen molar-refractivity contribution in [1.29, 1.82) is 5.26 Å². The zero-order chi connectivity index (χ0) is 15.2. The quantitative estimate of drug-likeness (QED) is 0.889. The number of H-pyrrole nitrogens is 1. The normalized spacial score (nSPS) is 10.1. The lowest BCUT2D eigenvalue weighted by Crippen LogP contribution is -2.32. The van der Waals surface area contributed by atoms with Crippen molar-refractivity contribution in [3.63, 3.8) is 0 Å². The van der Waals surface area contributed by atoms with Gasteiger partial charge in [-0.3, -0.25) is 14.3 Å². The van der Waals surface area contributed by atoms with Crippen molar-refractivity contribution in [3.05, 3.63) is 62.4 Å². The van der Waals surface area contributed by atoms with Crippen molar-refractivity contribution in [1.82, 2.24) is 9.55 Å². The van der Waals surface area contributed by atoms with Crippen LogP contribution in [0.2, 0.25) is 0 Å². The molecule has 0 aliphatic rings. The number of aromatic amines is 1. The lowest BCUT2D eigenvalue weighted by molar-refractivity contribution is 0.295. The molecule has 0 bridgehead atoms. The van der Waals surface area contributed by atoms with Crippen LogP contribution in [-0.4, -0.2) is 16.2 Å². The molecule has 0 saturated heterocycles. The van der Waals surface area contributed by atoms with Crippen LogP contribution in [0.25, 0.3) is 0 Å². The molecule has 1 aromatic carbocycles. The third-order valence-electron chi connectivity index (χ3n) is 3.05. The molecule has 0 unspecified atom stereocenters. The summed E-state index contributed by atoms with van der Waals surface area (Å²) in [6.45, 7) is 2.48. The molecule has 1 heterocycles. The van der Waals surface area contributed by atoms with Crippen LogP contribution < -0.4 is 16.0 Å². The molecule has 0 radical (unpaired) electrons. The van der Waals surface area contributed by atoms with Gasteiger partial charge < -0.3 is 4.74 Å². The Labute approximate surface area is 121 Å². The van der Waals surface area contributed by atoms with Crippen molar-refractivity contribution in [2.75, 3.05) is 6.61 Å². The highest BCUT2D eigenvalue weighted by Gasteiger charge is 2.03. The number of hydrogen-bond donors (Lipinski definition) is 1. The van der Waals surface area contributed by atoms with E-state index in [1.807, 2.05) is 13.0 Å². The van der Waals surface area contributed by atoms with Crippen LogP contribution in [0.4, 0.5) is 0 Å². The molecule has 0 spiro atoms. The predicted molar refractivity (Wildman–Crippen MR) is 77.4 cm³/mol. The lowest BCUT2D eigenvalue weighted by atomic mass is 10.2. The third-order valence-corrected chi connectivity index (χ3v) is 3.05. The monoisotopic (exact) mass is 285 g/mol. The van der Waals surface area contributed by atoms with Gasteiger partial charge in [0, 0.05) is 11.8 Å². The van der Waals surface area contributed by atoms with Gasteiger partial charge in [-0.15, -0.1) is 0 Å². The number of benzene rings is 1. The summed E-state index contributed by atoms with van der Waals surface area (Å²) in [5, 5.41) is 8.70. The maximum atomic E-state index is 11.6. The largest absolute Gasteiger partial charge is 0.492 e. The highest BCUT2D eigenvalue weighted by molar-refractivity contribution is 5.34. The molecule has 6 heteroatoms. The number of nitrogens with zero attached hydrogens (tertiary/aromatic N) is 2. The van der Waals surface area contributed by atoms with Gasteiger partial charge in [-0.2, -0.15) is 5.26 Å². The number of nitriles is 1. The molecule has 21 heavy (non-hydrogen) atoms. The van der Waals surface area contributed by atoms with Crippen LogP contribution in [-0.2, 0) is 13.0 Å². The van der Waals surface area contributed by atoms with Gasteiger partial charge in [-0.1, -0.05) is 6.92 Å². The Morgan fingerprint density at radius 2 is 2.00 bits per heavy atom. The van der Waals surface area contributed by atoms with Gasteiger partial charge in [0.15, 0.2) is 0 Å². The van der Waals surface area contributed by atoms with Gasteiger partial charge in [0.05, 0.1) is 18.2 Å². The topological polar surface area (TPSA) is 87.9 Å². The fraction of sp³-hybridized carbons (Fsp3) is 0.267. The fourth-order valence-electron chi connectivity index (χ4n) is 1.86. The first kappa shape index (κ1) is 14.6. The molecule has 0 saturated carbocycles. The number of hydrogen-bond acceptors (Lipinski definition) is 4. The highest BCUT2D eigenvalue weighted by Crippen LogP contribution is 2.11. The molecule has 0 fully saturated rings. The van der Waals surface area contributed by atoms with Gasteiger partial charge in [0.25, 0.3) is 5.56 Å². The van der Waals surface area contributed by atoms with Gasteiger partial charge in [-0.05, 0) is 30.7 Å². The number of nitrogens with one attached hydrogen (secondary N) is 1. The van der Waals surface area contributed by atoms with E-state index in [0.29, 0.717) is 36.4 Å². The molecule has 2 aromatic rings. The van der Waals surface area contributed by atoms with Crippen molar-refractivity contribution in [2.24, 2.45) is 0 Å². The van der Waals surface area contributed by atoms with E-state index in [4.69, 9.17) is 10.00 Å². The van der Waals surface area contributed by atoms with E-state index in [1.54, 1.807) is 30.5 Å². The zero-order valence-corrected chi connectivity index (χ0v) is 11.6. The van der Waals surface area contributed by atoms with Crippen molar-refractivity contribution in [3.8, 4) is 11.8 Å². The zero-order valence-electron chi connectivity index (χ0n) is 11.6. The maximum absolute atomic E-state index is 11.6. The first-order valence-electron chi connectivity index (χ1n) is 6.59. The van der Waals surface area contributed by atoms with Crippen molar-refractivity contribution < 1.29 is 4.74 Å². The molecule has 1 aromatic heterocycles. The van der Waals surface area contributed by atoms with Crippen LogP contribution in [0.5, 0.6) is 5.75 Å².